The molecule has 0 saturated carbocycles. The molecule has 2 aliphatic rings. The number of hydrogen-bond acceptors (Lipinski definition) is 16. The molecular formula is C44H53B3BrClN8O10PdPt. The minimum absolute atomic E-state index is 0. The summed E-state index contributed by atoms with van der Waals surface area (Å²) in [5, 5.41) is 20.2. The van der Waals surface area contributed by atoms with Gasteiger partial charge in [-0.25, -0.2) is 19.9 Å². The predicted octanol–water partition coefficient (Wildman–Crippen LogP) is 6.49. The van der Waals surface area contributed by atoms with Crippen molar-refractivity contribution in [3.05, 3.63) is 95.6 Å². The summed E-state index contributed by atoms with van der Waals surface area (Å²) in [7, 11) is 23.3. The molecule has 2 unspecified atom stereocenters. The van der Waals surface area contributed by atoms with Gasteiger partial charge >= 0.3 is 25.3 Å². The van der Waals surface area contributed by atoms with Gasteiger partial charge in [0.1, 0.15) is 31.5 Å². The maximum atomic E-state index is 9.00. The maximum absolute atomic E-state index is 9.00. The number of nitrogens with one attached hydrogen (secondary N) is 1. The van der Waals surface area contributed by atoms with Crippen LogP contribution in [0.15, 0.2) is 90.4 Å². The third-order valence-electron chi connectivity index (χ3n) is 8.61. The number of nitrogens with zero attached hydrogens (tertiary/aromatic N) is 7. The van der Waals surface area contributed by atoms with Crippen LogP contribution in [0.3, 0.4) is 0 Å². The van der Waals surface area contributed by atoms with Crippen molar-refractivity contribution in [3.63, 3.8) is 0 Å². The van der Waals surface area contributed by atoms with E-state index < -0.39 is 30.4 Å². The topological polar surface area (TPSA) is 238 Å². The molecule has 2 atom stereocenters. The predicted molar refractivity (Wildman–Crippen MR) is 262 cm³/mol. The fourth-order valence-corrected chi connectivity index (χ4v) is 6.24. The number of ether oxygens (including phenoxy) is 4. The Morgan fingerprint density at radius 3 is 1.62 bits per heavy atom. The number of carbonyl (C=O) groups is 2. The molecule has 8 rings (SSSR count). The second kappa shape index (κ2) is 38.0. The Morgan fingerprint density at radius 2 is 1.25 bits per heavy atom. The second-order valence-electron chi connectivity index (χ2n) is 13.8. The van der Waals surface area contributed by atoms with Gasteiger partial charge in [-0.3, -0.25) is 19.6 Å². The fraction of sp³-hybridized carbons (Fsp3) is 0.364. The van der Waals surface area contributed by atoms with Gasteiger partial charge in [-0.1, -0.05) is 47.6 Å². The van der Waals surface area contributed by atoms with Crippen LogP contribution in [0.25, 0.3) is 21.8 Å². The van der Waals surface area contributed by atoms with Crippen LogP contribution >= 0.6 is 27.5 Å². The van der Waals surface area contributed by atoms with E-state index >= 15 is 0 Å². The molecule has 69 heavy (non-hydrogen) atoms. The molecule has 372 valence electrons. The SMILES string of the molecule is Brc1cccnc1.CC(=O)O.CC(=O)O.COc1cc2ncnc(Cl)c2cc1OC.[B]C1CCCN(c2ncnc3cc(OC)c(OC)cc23)C1.[B]C1CCCNC1.[B]c1cccnc1.[O]=[Pt]=[O].[Pd]. The van der Waals surface area contributed by atoms with Crippen molar-refractivity contribution in [1.29, 1.82) is 0 Å². The molecule has 0 aliphatic carbocycles. The van der Waals surface area contributed by atoms with Gasteiger partial charge in [0.15, 0.2) is 23.0 Å². The first kappa shape index (κ1) is 64.2. The zero-order valence-corrected chi connectivity index (χ0v) is 45.0. The Labute approximate surface area is 442 Å². The Balaban J connectivity index is 0.000000841. The molecule has 18 nitrogen and oxygen atoms in total. The van der Waals surface area contributed by atoms with Gasteiger partial charge in [-0.05, 0) is 72.2 Å². The number of methoxy groups -OCH3 is 4. The number of rotatable bonds is 5. The number of hydrogen-bond donors (Lipinski definition) is 3. The maximum Gasteiger partial charge on any atom is 0 e. The van der Waals surface area contributed by atoms with Gasteiger partial charge in [0, 0.05) is 99.5 Å². The van der Waals surface area contributed by atoms with Crippen molar-refractivity contribution >= 4 is 96.1 Å². The molecule has 0 bridgehead atoms. The van der Waals surface area contributed by atoms with Gasteiger partial charge in [0.2, 0.25) is 0 Å². The van der Waals surface area contributed by atoms with Crippen molar-refractivity contribution < 1.29 is 84.5 Å². The van der Waals surface area contributed by atoms with Gasteiger partial charge in [-0.2, -0.15) is 0 Å². The summed E-state index contributed by atoms with van der Waals surface area (Å²) in [5.41, 5.74) is 2.28. The Kier molecular flexibility index (Phi) is 35.4. The van der Waals surface area contributed by atoms with E-state index in [2.05, 4.69) is 56.1 Å². The van der Waals surface area contributed by atoms with Crippen LogP contribution in [0.1, 0.15) is 39.5 Å². The first-order chi connectivity index (χ1) is 32.5. The largest absolute Gasteiger partial charge is 0 e. The fourth-order valence-electron chi connectivity index (χ4n) is 5.77. The third-order valence-corrected chi connectivity index (χ3v) is 9.38. The Hall–Kier alpha value is -4.76. The molecule has 0 amide bonds. The molecule has 25 heteroatoms. The summed E-state index contributed by atoms with van der Waals surface area (Å²) in [6, 6.07) is 14.8. The van der Waals surface area contributed by atoms with Crippen molar-refractivity contribution in [2.75, 3.05) is 59.5 Å². The van der Waals surface area contributed by atoms with Gasteiger partial charge in [-0.15, -0.1) is 0 Å². The van der Waals surface area contributed by atoms with Crippen molar-refractivity contribution in [1.82, 2.24) is 35.2 Å². The molecule has 6 radical (unpaired) electrons. The molecule has 3 N–H and O–H groups in total. The molecule has 2 aliphatic heterocycles. The van der Waals surface area contributed by atoms with Crippen molar-refractivity contribution in [2.45, 2.75) is 51.2 Å². The molecule has 2 saturated heterocycles. The average Bonchev–Trinajstić information content (AvgIpc) is 3.32. The van der Waals surface area contributed by atoms with E-state index in [0.29, 0.717) is 39.4 Å². The van der Waals surface area contributed by atoms with E-state index in [0.717, 1.165) is 85.0 Å². The summed E-state index contributed by atoms with van der Waals surface area (Å²) >= 11 is 7.27. The molecule has 4 aromatic heterocycles. The average molecular weight is 1300 g/mol. The van der Waals surface area contributed by atoms with Crippen LogP contribution in [0.2, 0.25) is 16.8 Å². The monoisotopic (exact) mass is 1300 g/mol. The normalized spacial score (nSPS) is 14.1. The number of aromatic nitrogens is 6. The number of halogens is 2. The van der Waals surface area contributed by atoms with Crippen LogP contribution < -0.4 is 34.6 Å². The minimum atomic E-state index is -1.92. The van der Waals surface area contributed by atoms with Gasteiger partial charge < -0.3 is 39.4 Å². The van der Waals surface area contributed by atoms with Crippen LogP contribution in [0.4, 0.5) is 5.82 Å². The van der Waals surface area contributed by atoms with Gasteiger partial charge in [0.05, 0.1) is 55.2 Å². The van der Waals surface area contributed by atoms with E-state index in [1.165, 1.54) is 19.2 Å². The zero-order valence-electron chi connectivity index (χ0n) is 38.8. The van der Waals surface area contributed by atoms with Gasteiger partial charge in [0.25, 0.3) is 11.9 Å². The van der Waals surface area contributed by atoms with E-state index in [-0.39, 0.29) is 26.2 Å². The second-order valence-corrected chi connectivity index (χ2v) is 15.5. The molecular weight excluding hydrogens is 1250 g/mol. The Bertz CT molecular complexity index is 2370. The summed E-state index contributed by atoms with van der Waals surface area (Å²) in [6.07, 6.45) is 14.4. The van der Waals surface area contributed by atoms with Crippen LogP contribution in [-0.2, 0) is 55.3 Å². The van der Waals surface area contributed by atoms with E-state index in [4.69, 9.17) is 80.7 Å². The van der Waals surface area contributed by atoms with Crippen molar-refractivity contribution in [3.8, 4) is 23.0 Å². The molecule has 2 fully saturated rings. The van der Waals surface area contributed by atoms with E-state index in [1.54, 1.807) is 83.8 Å². The van der Waals surface area contributed by atoms with E-state index in [1.807, 2.05) is 24.3 Å². The molecule has 6 aromatic rings. The first-order valence-electron chi connectivity index (χ1n) is 20.4. The van der Waals surface area contributed by atoms with Crippen LogP contribution in [-0.4, -0.2) is 130 Å². The number of pyridine rings is 2. The number of anilines is 1. The standard InChI is InChI=1S/C15H18BN3O2.C10H9ClN2O2.C5H10BN.C5H4BN.C5H4BrN.2C2H4O2.2O.Pd.Pt/c1-20-13-6-11-12(7-14(13)21-2)17-9-18-15(11)19-5-3-4-10(16)8-19;1-14-8-3-6-7(4-9(8)15-2)12-5-13-10(6)11;3*6-5-2-1-3-7-4-5;2*1-2(3)4;;;;/h6-7,9-10H,3-5,8H2,1-2H3;3-5H,1-2H3;5,7H,1-4H2;2*1-4H;2*1H3,(H,3,4);;;;. The summed E-state index contributed by atoms with van der Waals surface area (Å²) in [6.45, 7) is 6.13. The van der Waals surface area contributed by atoms with Crippen LogP contribution in [0.5, 0.6) is 23.0 Å². The number of carboxylic acid groups (broad SMARTS) is 2. The summed E-state index contributed by atoms with van der Waals surface area (Å²) in [4.78, 5) is 44.6. The molecule has 6 heterocycles. The zero-order chi connectivity index (χ0) is 50.9. The number of benzene rings is 2. The summed E-state index contributed by atoms with van der Waals surface area (Å²) in [5.74, 6) is 2.46. The minimum Gasteiger partial charge on any atom is 0 e. The summed E-state index contributed by atoms with van der Waals surface area (Å²) < 4.78 is 39.0. The number of aliphatic carboxylic acids is 2. The third kappa shape index (κ3) is 27.3. The number of piperidine rings is 2. The number of carboxylic acids is 2. The smallest absolute Gasteiger partial charge is 0 e. The van der Waals surface area contributed by atoms with Crippen molar-refractivity contribution in [2.24, 2.45) is 0 Å². The molecule has 2 aromatic carbocycles. The van der Waals surface area contributed by atoms with E-state index in [9.17, 15) is 0 Å². The quantitative estimate of drug-likeness (QED) is 0.123. The van der Waals surface area contributed by atoms with Crippen LogP contribution in [0, 0.1) is 0 Å². The Morgan fingerprint density at radius 1 is 0.768 bits per heavy atom. The number of fused-ring (bicyclic) bond motifs is 2. The molecule has 0 spiro atoms. The first-order valence-corrected chi connectivity index (χ1v) is 23.4.